The van der Waals surface area contributed by atoms with Crippen molar-refractivity contribution >= 4 is 16.0 Å². The first-order chi connectivity index (χ1) is 10.8. The third-order valence-electron chi connectivity index (χ3n) is 3.64. The van der Waals surface area contributed by atoms with Crippen molar-refractivity contribution in [2.75, 3.05) is 19.7 Å². The molecule has 0 aliphatic carbocycles. The molecule has 1 fully saturated rings. The Kier molecular flexibility index (Phi) is 5.53. The second-order valence-corrected chi connectivity index (χ2v) is 7.13. The van der Waals surface area contributed by atoms with Crippen LogP contribution in [0.5, 0.6) is 5.75 Å². The summed E-state index contributed by atoms with van der Waals surface area (Å²) >= 11 is 0. The van der Waals surface area contributed by atoms with E-state index in [2.05, 4.69) is 0 Å². The molecule has 0 saturated carbocycles. The summed E-state index contributed by atoms with van der Waals surface area (Å²) < 4.78 is 55.1. The molecular weight excluding hydrogens is 332 g/mol. The highest BCUT2D eigenvalue weighted by Gasteiger charge is 2.31. The van der Waals surface area contributed by atoms with Crippen LogP contribution in [0.4, 0.5) is 8.78 Å². The van der Waals surface area contributed by atoms with E-state index in [0.29, 0.717) is 0 Å². The van der Waals surface area contributed by atoms with Gasteiger partial charge in [-0.25, -0.2) is 17.2 Å². The molecule has 1 saturated heterocycles. The summed E-state index contributed by atoms with van der Waals surface area (Å²) in [4.78, 5) is 10.9. The molecule has 0 aromatic heterocycles. The number of ether oxygens (including phenoxy) is 1. The van der Waals surface area contributed by atoms with Crippen molar-refractivity contribution < 1.29 is 31.8 Å². The Hall–Kier alpha value is -1.74. The number of rotatable bonds is 6. The fourth-order valence-electron chi connectivity index (χ4n) is 2.36. The number of piperidine rings is 1. The minimum Gasteiger partial charge on any atom is -0.488 e. The average molecular weight is 349 g/mol. The first-order valence-corrected chi connectivity index (χ1v) is 8.48. The lowest BCUT2D eigenvalue weighted by Crippen LogP contribution is -2.40. The third-order valence-corrected chi connectivity index (χ3v) is 5.55. The number of hydrogen-bond acceptors (Lipinski definition) is 4. The van der Waals surface area contributed by atoms with E-state index in [1.165, 1.54) is 28.6 Å². The Balaban J connectivity index is 2.04. The van der Waals surface area contributed by atoms with Crippen molar-refractivity contribution in [3.05, 3.63) is 24.3 Å². The molecule has 6 nitrogen and oxygen atoms in total. The highest BCUT2D eigenvalue weighted by Crippen LogP contribution is 2.25. The molecule has 1 aliphatic heterocycles. The summed E-state index contributed by atoms with van der Waals surface area (Å²) in [5, 5.41) is 8.93. The van der Waals surface area contributed by atoms with Crippen molar-refractivity contribution in [1.82, 2.24) is 4.31 Å². The van der Waals surface area contributed by atoms with E-state index in [0.717, 1.165) is 0 Å². The molecule has 0 radical (unpaired) electrons. The van der Waals surface area contributed by atoms with Crippen LogP contribution >= 0.6 is 0 Å². The van der Waals surface area contributed by atoms with E-state index >= 15 is 0 Å². The zero-order valence-electron chi connectivity index (χ0n) is 12.2. The maximum Gasteiger partial charge on any atom is 0.306 e. The van der Waals surface area contributed by atoms with Gasteiger partial charge in [0.05, 0.1) is 10.8 Å². The molecule has 9 heteroatoms. The van der Waals surface area contributed by atoms with E-state index in [1.807, 2.05) is 0 Å². The molecule has 0 amide bonds. The van der Waals surface area contributed by atoms with E-state index < -0.39 is 34.9 Å². The van der Waals surface area contributed by atoms with Crippen LogP contribution in [0.1, 0.15) is 12.8 Å². The summed E-state index contributed by atoms with van der Waals surface area (Å²) in [6, 6.07) is 5.22. The molecule has 1 N–H and O–H groups in total. The summed E-state index contributed by atoms with van der Waals surface area (Å²) in [5.41, 5.74) is 0. The smallest absolute Gasteiger partial charge is 0.306 e. The molecule has 0 atom stereocenters. The lowest BCUT2D eigenvalue weighted by molar-refractivity contribution is -0.142. The largest absolute Gasteiger partial charge is 0.488 e. The molecule has 1 aromatic rings. The number of aliphatic carboxylic acids is 1. The van der Waals surface area contributed by atoms with Gasteiger partial charge in [-0.3, -0.25) is 4.79 Å². The lowest BCUT2D eigenvalue weighted by atomic mass is 9.99. The Labute approximate surface area is 132 Å². The quantitative estimate of drug-likeness (QED) is 0.847. The van der Waals surface area contributed by atoms with Gasteiger partial charge in [0.2, 0.25) is 10.0 Å². The van der Waals surface area contributed by atoms with Crippen LogP contribution in [0.15, 0.2) is 29.2 Å². The van der Waals surface area contributed by atoms with Gasteiger partial charge in [-0.15, -0.1) is 0 Å². The normalized spacial score (nSPS) is 17.3. The third kappa shape index (κ3) is 4.38. The predicted molar refractivity (Wildman–Crippen MR) is 77.1 cm³/mol. The number of alkyl halides is 2. The summed E-state index contributed by atoms with van der Waals surface area (Å²) in [7, 11) is -3.72. The summed E-state index contributed by atoms with van der Waals surface area (Å²) in [6.45, 7) is -0.472. The van der Waals surface area contributed by atoms with Gasteiger partial charge in [0.25, 0.3) is 6.43 Å². The number of sulfonamides is 1. The fraction of sp³-hybridized carbons (Fsp3) is 0.500. The predicted octanol–water partition coefficient (Wildman–Crippen LogP) is 1.82. The van der Waals surface area contributed by atoms with Crippen LogP contribution < -0.4 is 4.74 Å². The monoisotopic (exact) mass is 349 g/mol. The van der Waals surface area contributed by atoms with Crippen LogP contribution in [0.25, 0.3) is 0 Å². The van der Waals surface area contributed by atoms with Crippen LogP contribution in [-0.4, -0.2) is 49.9 Å². The van der Waals surface area contributed by atoms with E-state index in [-0.39, 0.29) is 36.6 Å². The van der Waals surface area contributed by atoms with Gasteiger partial charge in [0, 0.05) is 13.1 Å². The number of benzene rings is 1. The number of carboxylic acids is 1. The van der Waals surface area contributed by atoms with Gasteiger partial charge in [0.15, 0.2) is 0 Å². The molecule has 0 spiro atoms. The molecule has 0 unspecified atom stereocenters. The molecule has 23 heavy (non-hydrogen) atoms. The van der Waals surface area contributed by atoms with Crippen molar-refractivity contribution in [1.29, 1.82) is 0 Å². The van der Waals surface area contributed by atoms with E-state index in [4.69, 9.17) is 9.84 Å². The van der Waals surface area contributed by atoms with E-state index in [9.17, 15) is 22.0 Å². The van der Waals surface area contributed by atoms with Gasteiger partial charge in [-0.1, -0.05) is 0 Å². The van der Waals surface area contributed by atoms with Crippen molar-refractivity contribution in [2.45, 2.75) is 24.2 Å². The highest BCUT2D eigenvalue weighted by atomic mass is 32.2. The van der Waals surface area contributed by atoms with Crippen LogP contribution in [0, 0.1) is 5.92 Å². The summed E-state index contributed by atoms with van der Waals surface area (Å²) in [6.07, 6.45) is -2.07. The van der Waals surface area contributed by atoms with Gasteiger partial charge in [-0.05, 0) is 37.1 Å². The Morgan fingerprint density at radius 3 is 2.30 bits per heavy atom. The average Bonchev–Trinajstić information content (AvgIpc) is 2.53. The minimum atomic E-state index is -3.72. The van der Waals surface area contributed by atoms with Gasteiger partial charge in [-0.2, -0.15) is 4.31 Å². The summed E-state index contributed by atoms with van der Waals surface area (Å²) in [5.74, 6) is -1.28. The number of carboxylic acid groups (broad SMARTS) is 1. The molecule has 1 aromatic carbocycles. The van der Waals surface area contributed by atoms with E-state index in [1.54, 1.807) is 0 Å². The van der Waals surface area contributed by atoms with Crippen molar-refractivity contribution in [3.8, 4) is 5.75 Å². The van der Waals surface area contributed by atoms with Crippen LogP contribution in [0.2, 0.25) is 0 Å². The topological polar surface area (TPSA) is 83.9 Å². The number of nitrogens with zero attached hydrogens (tertiary/aromatic N) is 1. The highest BCUT2D eigenvalue weighted by molar-refractivity contribution is 7.89. The Morgan fingerprint density at radius 2 is 1.83 bits per heavy atom. The van der Waals surface area contributed by atoms with Gasteiger partial charge >= 0.3 is 5.97 Å². The van der Waals surface area contributed by atoms with Crippen LogP contribution in [0.3, 0.4) is 0 Å². The maximum atomic E-state index is 12.5. The van der Waals surface area contributed by atoms with Gasteiger partial charge < -0.3 is 9.84 Å². The molecule has 2 rings (SSSR count). The zero-order chi connectivity index (χ0) is 17.0. The van der Waals surface area contributed by atoms with Gasteiger partial charge in [0.1, 0.15) is 12.4 Å². The number of hydrogen-bond donors (Lipinski definition) is 1. The molecule has 1 aliphatic rings. The zero-order valence-corrected chi connectivity index (χ0v) is 13.0. The SMILES string of the molecule is O=C(O)C1CCN(S(=O)(=O)c2ccc(OCC(F)F)cc2)CC1. The molecule has 0 bridgehead atoms. The second kappa shape index (κ2) is 7.22. The first-order valence-electron chi connectivity index (χ1n) is 7.04. The second-order valence-electron chi connectivity index (χ2n) is 5.19. The lowest BCUT2D eigenvalue weighted by Gasteiger charge is -2.29. The molecular formula is C14H17F2NO5S. The first kappa shape index (κ1) is 17.6. The maximum absolute atomic E-state index is 12.5. The minimum absolute atomic E-state index is 0.0238. The Morgan fingerprint density at radius 1 is 1.26 bits per heavy atom. The number of halogens is 2. The molecule has 128 valence electrons. The number of carbonyl (C=O) groups is 1. The molecule has 1 heterocycles. The van der Waals surface area contributed by atoms with Crippen LogP contribution in [-0.2, 0) is 14.8 Å². The fourth-order valence-corrected chi connectivity index (χ4v) is 3.83. The van der Waals surface area contributed by atoms with Crippen molar-refractivity contribution in [2.24, 2.45) is 5.92 Å². The Bertz CT molecular complexity index is 640. The van der Waals surface area contributed by atoms with Crippen molar-refractivity contribution in [3.63, 3.8) is 0 Å². The standard InChI is InChI=1S/C14H17F2NO5S/c15-13(16)9-22-11-1-3-12(4-2-11)23(20,21)17-7-5-10(6-8-17)14(18)19/h1-4,10,13H,5-9H2,(H,18,19).